The smallest absolute Gasteiger partial charge is 0.322 e. The van der Waals surface area contributed by atoms with Gasteiger partial charge in [0.15, 0.2) is 0 Å². The van der Waals surface area contributed by atoms with Crippen molar-refractivity contribution in [3.05, 3.63) is 52.8 Å². The zero-order chi connectivity index (χ0) is 22.3. The SMILES string of the molecule is CCC(C)N(CC(=O)N(Cc1cccn1C)CC(C)C)C(=O)Nc1cccc(Br)c1. The molecule has 1 heterocycles. The molecule has 0 aliphatic carbocycles. The highest BCUT2D eigenvalue weighted by Gasteiger charge is 2.25. The maximum atomic E-state index is 13.2. The average Bonchev–Trinajstić information content (AvgIpc) is 3.09. The highest BCUT2D eigenvalue weighted by molar-refractivity contribution is 9.10. The molecule has 0 spiro atoms. The molecular formula is C23H33BrN4O2. The first-order valence-corrected chi connectivity index (χ1v) is 11.2. The minimum Gasteiger partial charge on any atom is -0.353 e. The number of carbonyl (C=O) groups excluding carboxylic acids is 2. The summed E-state index contributed by atoms with van der Waals surface area (Å²) < 4.78 is 2.91. The number of benzene rings is 1. The third-order valence-corrected chi connectivity index (χ3v) is 5.60. The summed E-state index contributed by atoms with van der Waals surface area (Å²) in [5, 5.41) is 2.92. The van der Waals surface area contributed by atoms with Crippen molar-refractivity contribution in [2.75, 3.05) is 18.4 Å². The van der Waals surface area contributed by atoms with Gasteiger partial charge in [0.2, 0.25) is 5.91 Å². The van der Waals surface area contributed by atoms with Gasteiger partial charge in [0.05, 0.1) is 6.54 Å². The van der Waals surface area contributed by atoms with Gasteiger partial charge < -0.3 is 19.7 Å². The molecule has 0 aliphatic rings. The van der Waals surface area contributed by atoms with E-state index in [1.807, 2.05) is 73.0 Å². The van der Waals surface area contributed by atoms with Gasteiger partial charge in [-0.2, -0.15) is 0 Å². The highest BCUT2D eigenvalue weighted by Crippen LogP contribution is 2.17. The molecule has 0 bridgehead atoms. The number of nitrogens with zero attached hydrogens (tertiary/aromatic N) is 3. The fourth-order valence-corrected chi connectivity index (χ4v) is 3.61. The van der Waals surface area contributed by atoms with Gasteiger partial charge >= 0.3 is 6.03 Å². The number of hydrogen-bond acceptors (Lipinski definition) is 2. The molecule has 0 fully saturated rings. The summed E-state index contributed by atoms with van der Waals surface area (Å²) in [6.45, 7) is 9.40. The Bertz CT molecular complexity index is 849. The van der Waals surface area contributed by atoms with Gasteiger partial charge in [-0.25, -0.2) is 4.79 Å². The maximum absolute atomic E-state index is 13.2. The van der Waals surface area contributed by atoms with E-state index in [1.165, 1.54) is 0 Å². The van der Waals surface area contributed by atoms with E-state index < -0.39 is 0 Å². The predicted molar refractivity (Wildman–Crippen MR) is 125 cm³/mol. The number of amides is 3. The van der Waals surface area contributed by atoms with E-state index in [1.54, 1.807) is 4.90 Å². The number of aryl methyl sites for hydroxylation is 1. The fraction of sp³-hybridized carbons (Fsp3) is 0.478. The van der Waals surface area contributed by atoms with Crippen molar-refractivity contribution in [2.45, 2.75) is 46.7 Å². The topological polar surface area (TPSA) is 57.6 Å². The van der Waals surface area contributed by atoms with Crippen LogP contribution in [0.15, 0.2) is 47.1 Å². The zero-order valence-corrected chi connectivity index (χ0v) is 20.1. The lowest BCUT2D eigenvalue weighted by Crippen LogP contribution is -2.48. The third-order valence-electron chi connectivity index (χ3n) is 5.11. The summed E-state index contributed by atoms with van der Waals surface area (Å²) in [6, 6.07) is 11.1. The molecule has 6 nitrogen and oxygen atoms in total. The van der Waals surface area contributed by atoms with Gasteiger partial charge in [0.25, 0.3) is 0 Å². The molecule has 164 valence electrons. The van der Waals surface area contributed by atoms with Crippen LogP contribution in [0.2, 0.25) is 0 Å². The second-order valence-corrected chi connectivity index (χ2v) is 9.02. The molecule has 2 aromatic rings. The Morgan fingerprint density at radius 2 is 1.90 bits per heavy atom. The highest BCUT2D eigenvalue weighted by atomic mass is 79.9. The third kappa shape index (κ3) is 6.90. The van der Waals surface area contributed by atoms with E-state index in [2.05, 4.69) is 35.1 Å². The Labute approximate surface area is 188 Å². The molecule has 7 heteroatoms. The van der Waals surface area contributed by atoms with Crippen LogP contribution in [0.4, 0.5) is 10.5 Å². The van der Waals surface area contributed by atoms with Crippen LogP contribution in [0.1, 0.15) is 39.8 Å². The van der Waals surface area contributed by atoms with Crippen LogP contribution < -0.4 is 5.32 Å². The van der Waals surface area contributed by atoms with E-state index >= 15 is 0 Å². The molecule has 2 rings (SSSR count). The normalized spacial score (nSPS) is 12.0. The predicted octanol–water partition coefficient (Wildman–Crippen LogP) is 5.10. The van der Waals surface area contributed by atoms with Crippen LogP contribution in [-0.4, -0.2) is 45.4 Å². The molecule has 1 atom stereocenters. The molecule has 1 aromatic heterocycles. The minimum atomic E-state index is -0.265. The summed E-state index contributed by atoms with van der Waals surface area (Å²) in [4.78, 5) is 29.7. The number of rotatable bonds is 9. The standard InChI is InChI=1S/C23H33BrN4O2/c1-6-18(4)28(23(30)25-20-10-7-9-19(24)13-20)16-22(29)27(14-17(2)3)15-21-11-8-12-26(21)5/h7-13,17-18H,6,14-16H2,1-5H3,(H,25,30). The van der Waals surface area contributed by atoms with Crippen molar-refractivity contribution in [3.8, 4) is 0 Å². The number of nitrogens with one attached hydrogen (secondary N) is 1. The Morgan fingerprint density at radius 3 is 2.47 bits per heavy atom. The number of anilines is 1. The van der Waals surface area contributed by atoms with Crippen molar-refractivity contribution in [3.63, 3.8) is 0 Å². The Morgan fingerprint density at radius 1 is 1.17 bits per heavy atom. The van der Waals surface area contributed by atoms with E-state index in [9.17, 15) is 9.59 Å². The fourth-order valence-electron chi connectivity index (χ4n) is 3.21. The van der Waals surface area contributed by atoms with Gasteiger partial charge in [0.1, 0.15) is 6.54 Å². The Kier molecular flexibility index (Phi) is 8.96. The van der Waals surface area contributed by atoms with Crippen LogP contribution in [0, 0.1) is 5.92 Å². The molecule has 3 amide bonds. The summed E-state index contributed by atoms with van der Waals surface area (Å²) >= 11 is 3.42. The summed E-state index contributed by atoms with van der Waals surface area (Å²) in [5.74, 6) is 0.288. The van der Waals surface area contributed by atoms with Crippen LogP contribution in [0.25, 0.3) is 0 Å². The van der Waals surface area contributed by atoms with Crippen molar-refractivity contribution < 1.29 is 9.59 Å². The molecule has 0 aliphatic heterocycles. The lowest BCUT2D eigenvalue weighted by Gasteiger charge is -2.32. The van der Waals surface area contributed by atoms with Gasteiger partial charge in [0, 0.05) is 41.7 Å². The van der Waals surface area contributed by atoms with Crippen molar-refractivity contribution in [2.24, 2.45) is 13.0 Å². The van der Waals surface area contributed by atoms with Crippen LogP contribution in [0.3, 0.4) is 0 Å². The number of hydrogen-bond donors (Lipinski definition) is 1. The first-order valence-electron chi connectivity index (χ1n) is 10.4. The number of halogens is 1. The molecular weight excluding hydrogens is 444 g/mol. The van der Waals surface area contributed by atoms with E-state index in [-0.39, 0.29) is 24.5 Å². The van der Waals surface area contributed by atoms with Gasteiger partial charge in [-0.1, -0.05) is 42.8 Å². The van der Waals surface area contributed by atoms with E-state index in [0.29, 0.717) is 24.7 Å². The van der Waals surface area contributed by atoms with Crippen LogP contribution >= 0.6 is 15.9 Å². The minimum absolute atomic E-state index is 0.0467. The lowest BCUT2D eigenvalue weighted by atomic mass is 10.2. The molecule has 30 heavy (non-hydrogen) atoms. The molecule has 0 saturated heterocycles. The summed E-state index contributed by atoms with van der Waals surface area (Å²) in [7, 11) is 1.98. The summed E-state index contributed by atoms with van der Waals surface area (Å²) in [5.41, 5.74) is 1.76. The number of urea groups is 1. The Balaban J connectivity index is 2.16. The molecule has 0 saturated carbocycles. The van der Waals surface area contributed by atoms with Gasteiger partial charge in [-0.15, -0.1) is 0 Å². The monoisotopic (exact) mass is 476 g/mol. The van der Waals surface area contributed by atoms with Crippen LogP contribution in [-0.2, 0) is 18.4 Å². The number of aromatic nitrogens is 1. The van der Waals surface area contributed by atoms with Crippen molar-refractivity contribution in [1.29, 1.82) is 0 Å². The van der Waals surface area contributed by atoms with Crippen LogP contribution in [0.5, 0.6) is 0 Å². The second-order valence-electron chi connectivity index (χ2n) is 8.10. The van der Waals surface area contributed by atoms with Crippen molar-refractivity contribution >= 4 is 33.6 Å². The first kappa shape index (κ1) is 24.0. The summed E-state index contributed by atoms with van der Waals surface area (Å²) in [6.07, 6.45) is 2.74. The first-order chi connectivity index (χ1) is 14.2. The number of carbonyl (C=O) groups is 2. The quantitative estimate of drug-likeness (QED) is 0.546. The van der Waals surface area contributed by atoms with Gasteiger partial charge in [-0.05, 0) is 49.6 Å². The molecule has 1 aromatic carbocycles. The van der Waals surface area contributed by atoms with Gasteiger partial charge in [-0.3, -0.25) is 4.79 Å². The Hall–Kier alpha value is -2.28. The van der Waals surface area contributed by atoms with Crippen molar-refractivity contribution in [1.82, 2.24) is 14.4 Å². The zero-order valence-electron chi connectivity index (χ0n) is 18.6. The lowest BCUT2D eigenvalue weighted by molar-refractivity contribution is -0.133. The van der Waals surface area contributed by atoms with E-state index in [4.69, 9.17) is 0 Å². The second kappa shape index (κ2) is 11.2. The molecule has 1 unspecified atom stereocenters. The largest absolute Gasteiger partial charge is 0.353 e. The molecule has 1 N–H and O–H groups in total. The maximum Gasteiger partial charge on any atom is 0.322 e. The molecule has 0 radical (unpaired) electrons. The van der Waals surface area contributed by atoms with E-state index in [0.717, 1.165) is 16.6 Å². The average molecular weight is 477 g/mol.